The Hall–Kier alpha value is -2.19. The van der Waals surface area contributed by atoms with Gasteiger partial charge in [-0.15, -0.1) is 11.3 Å². The predicted octanol–water partition coefficient (Wildman–Crippen LogP) is 4.91. The van der Waals surface area contributed by atoms with Gasteiger partial charge in [0.2, 0.25) is 5.91 Å². The standard InChI is InChI=1S/C17H15ClF2N2O3S/c1-8-6-13(22-15(23)9-2-3-9)26-14(8)16(24)21-10-4-5-12(11(18)7-10)25-17(19)20/h4-7,9,17H,2-3H2,1H3,(H,21,24)(H,22,23). The number of hydrogen-bond acceptors (Lipinski definition) is 4. The summed E-state index contributed by atoms with van der Waals surface area (Å²) in [5.41, 5.74) is 1.07. The highest BCUT2D eigenvalue weighted by molar-refractivity contribution is 7.18. The van der Waals surface area contributed by atoms with E-state index in [9.17, 15) is 18.4 Å². The molecule has 1 fully saturated rings. The van der Waals surface area contributed by atoms with E-state index in [1.54, 1.807) is 13.0 Å². The van der Waals surface area contributed by atoms with E-state index in [-0.39, 0.29) is 28.5 Å². The van der Waals surface area contributed by atoms with Crippen LogP contribution in [0.3, 0.4) is 0 Å². The van der Waals surface area contributed by atoms with E-state index >= 15 is 0 Å². The summed E-state index contributed by atoms with van der Waals surface area (Å²) < 4.78 is 28.7. The molecule has 0 saturated heterocycles. The molecular formula is C17H15ClF2N2O3S. The third-order valence-electron chi connectivity index (χ3n) is 3.72. The van der Waals surface area contributed by atoms with Gasteiger partial charge in [0.15, 0.2) is 0 Å². The van der Waals surface area contributed by atoms with Gasteiger partial charge in [-0.2, -0.15) is 8.78 Å². The molecule has 2 amide bonds. The molecule has 2 aromatic rings. The second-order valence-electron chi connectivity index (χ2n) is 5.86. The monoisotopic (exact) mass is 400 g/mol. The number of anilines is 2. The van der Waals surface area contributed by atoms with Crippen LogP contribution in [0, 0.1) is 12.8 Å². The average molecular weight is 401 g/mol. The van der Waals surface area contributed by atoms with Gasteiger partial charge >= 0.3 is 6.61 Å². The first-order chi connectivity index (χ1) is 12.3. The summed E-state index contributed by atoms with van der Waals surface area (Å²) in [6.07, 6.45) is 1.80. The summed E-state index contributed by atoms with van der Waals surface area (Å²) in [4.78, 5) is 24.7. The van der Waals surface area contributed by atoms with Gasteiger partial charge in [0.05, 0.1) is 14.9 Å². The van der Waals surface area contributed by atoms with Crippen molar-refractivity contribution in [3.05, 3.63) is 39.7 Å². The van der Waals surface area contributed by atoms with Crippen LogP contribution in [0.5, 0.6) is 5.75 Å². The van der Waals surface area contributed by atoms with Crippen molar-refractivity contribution >= 4 is 45.4 Å². The first-order valence-electron chi connectivity index (χ1n) is 7.80. The number of halogens is 3. The smallest absolute Gasteiger partial charge is 0.387 e. The van der Waals surface area contributed by atoms with Crippen molar-refractivity contribution < 1.29 is 23.1 Å². The van der Waals surface area contributed by atoms with E-state index in [0.717, 1.165) is 18.4 Å². The summed E-state index contributed by atoms with van der Waals surface area (Å²) in [7, 11) is 0. The normalized spacial score (nSPS) is 13.6. The van der Waals surface area contributed by atoms with Gasteiger partial charge < -0.3 is 15.4 Å². The molecule has 26 heavy (non-hydrogen) atoms. The number of rotatable bonds is 6. The Morgan fingerprint density at radius 1 is 1.27 bits per heavy atom. The summed E-state index contributed by atoms with van der Waals surface area (Å²) in [5.74, 6) is -0.500. The predicted molar refractivity (Wildman–Crippen MR) is 96.4 cm³/mol. The van der Waals surface area contributed by atoms with Crippen LogP contribution in [0.15, 0.2) is 24.3 Å². The van der Waals surface area contributed by atoms with Crippen LogP contribution in [0.2, 0.25) is 5.02 Å². The van der Waals surface area contributed by atoms with Crippen LogP contribution < -0.4 is 15.4 Å². The zero-order chi connectivity index (χ0) is 18.8. The SMILES string of the molecule is Cc1cc(NC(=O)C2CC2)sc1C(=O)Nc1ccc(OC(F)F)c(Cl)c1. The van der Waals surface area contributed by atoms with E-state index in [0.29, 0.717) is 15.6 Å². The van der Waals surface area contributed by atoms with E-state index < -0.39 is 6.61 Å². The second-order valence-corrected chi connectivity index (χ2v) is 7.32. The molecule has 0 bridgehead atoms. The fraction of sp³-hybridized carbons (Fsp3) is 0.294. The molecule has 1 saturated carbocycles. The van der Waals surface area contributed by atoms with Gasteiger partial charge in [0, 0.05) is 11.6 Å². The number of amides is 2. The summed E-state index contributed by atoms with van der Waals surface area (Å²) in [6, 6.07) is 5.75. The number of carbonyl (C=O) groups is 2. The number of carbonyl (C=O) groups excluding carboxylic acids is 2. The molecule has 3 rings (SSSR count). The van der Waals surface area contributed by atoms with Crippen LogP contribution in [0.25, 0.3) is 0 Å². The van der Waals surface area contributed by atoms with Crippen LogP contribution in [-0.2, 0) is 4.79 Å². The first-order valence-corrected chi connectivity index (χ1v) is 9.00. The number of benzene rings is 1. The van der Waals surface area contributed by atoms with Crippen molar-refractivity contribution in [2.45, 2.75) is 26.4 Å². The molecule has 1 aliphatic rings. The molecule has 1 aromatic heterocycles. The minimum absolute atomic E-state index is 0.0281. The number of ether oxygens (including phenoxy) is 1. The number of aryl methyl sites for hydroxylation is 1. The van der Waals surface area contributed by atoms with Gasteiger partial charge in [-0.25, -0.2) is 0 Å². The molecule has 0 aliphatic heterocycles. The minimum atomic E-state index is -2.98. The lowest BCUT2D eigenvalue weighted by Crippen LogP contribution is -2.12. The second kappa shape index (κ2) is 7.59. The van der Waals surface area contributed by atoms with E-state index in [1.807, 2.05) is 0 Å². The molecule has 1 aliphatic carbocycles. The van der Waals surface area contributed by atoms with E-state index in [2.05, 4.69) is 15.4 Å². The lowest BCUT2D eigenvalue weighted by molar-refractivity contribution is -0.117. The maximum atomic E-state index is 12.4. The van der Waals surface area contributed by atoms with Gasteiger partial charge in [0.25, 0.3) is 5.91 Å². The molecule has 138 valence electrons. The van der Waals surface area contributed by atoms with Crippen molar-refractivity contribution in [2.24, 2.45) is 5.92 Å². The van der Waals surface area contributed by atoms with Crippen LogP contribution in [0.4, 0.5) is 19.5 Å². The van der Waals surface area contributed by atoms with Crippen molar-refractivity contribution in [3.8, 4) is 5.75 Å². The molecule has 0 unspecified atom stereocenters. The summed E-state index contributed by atoms with van der Waals surface area (Å²) >= 11 is 7.05. The van der Waals surface area contributed by atoms with Crippen molar-refractivity contribution in [2.75, 3.05) is 10.6 Å². The van der Waals surface area contributed by atoms with E-state index in [1.165, 1.54) is 29.5 Å². The van der Waals surface area contributed by atoms with Crippen molar-refractivity contribution in [1.29, 1.82) is 0 Å². The largest absolute Gasteiger partial charge is 0.433 e. The Morgan fingerprint density at radius 2 is 2.00 bits per heavy atom. The molecule has 2 N–H and O–H groups in total. The highest BCUT2D eigenvalue weighted by Gasteiger charge is 2.30. The molecule has 5 nitrogen and oxygen atoms in total. The average Bonchev–Trinajstić information content (AvgIpc) is 3.34. The van der Waals surface area contributed by atoms with Crippen LogP contribution in [0.1, 0.15) is 28.1 Å². The number of alkyl halides is 2. The molecular weight excluding hydrogens is 386 g/mol. The quantitative estimate of drug-likeness (QED) is 0.723. The molecule has 1 aromatic carbocycles. The lowest BCUT2D eigenvalue weighted by atomic mass is 10.2. The Kier molecular flexibility index (Phi) is 5.43. The third-order valence-corrected chi connectivity index (χ3v) is 5.17. The minimum Gasteiger partial charge on any atom is -0.433 e. The van der Waals surface area contributed by atoms with Gasteiger partial charge in [-0.1, -0.05) is 11.6 Å². The Bertz CT molecular complexity index is 853. The Labute approximate surface area is 157 Å². The number of hydrogen-bond donors (Lipinski definition) is 2. The number of nitrogens with one attached hydrogen (secondary N) is 2. The summed E-state index contributed by atoms with van der Waals surface area (Å²) in [5, 5.41) is 6.04. The van der Waals surface area contributed by atoms with Gasteiger partial charge in [-0.3, -0.25) is 9.59 Å². The summed E-state index contributed by atoms with van der Waals surface area (Å²) in [6.45, 7) is -1.21. The third kappa shape index (κ3) is 4.50. The molecule has 0 spiro atoms. The fourth-order valence-corrected chi connectivity index (χ4v) is 3.49. The van der Waals surface area contributed by atoms with Crippen LogP contribution in [-0.4, -0.2) is 18.4 Å². The zero-order valence-electron chi connectivity index (χ0n) is 13.6. The van der Waals surface area contributed by atoms with Crippen molar-refractivity contribution in [1.82, 2.24) is 0 Å². The molecule has 0 atom stereocenters. The zero-order valence-corrected chi connectivity index (χ0v) is 15.2. The maximum absolute atomic E-state index is 12.4. The fourth-order valence-electron chi connectivity index (χ4n) is 2.30. The molecule has 9 heteroatoms. The van der Waals surface area contributed by atoms with Crippen LogP contribution >= 0.6 is 22.9 Å². The first kappa shape index (κ1) is 18.6. The van der Waals surface area contributed by atoms with Gasteiger partial charge in [-0.05, 0) is 49.6 Å². The molecule has 0 radical (unpaired) electrons. The molecule has 1 heterocycles. The maximum Gasteiger partial charge on any atom is 0.387 e. The van der Waals surface area contributed by atoms with E-state index in [4.69, 9.17) is 11.6 Å². The highest BCUT2D eigenvalue weighted by atomic mass is 35.5. The lowest BCUT2D eigenvalue weighted by Gasteiger charge is -2.09. The Morgan fingerprint density at radius 3 is 2.62 bits per heavy atom. The van der Waals surface area contributed by atoms with Crippen molar-refractivity contribution in [3.63, 3.8) is 0 Å². The highest BCUT2D eigenvalue weighted by Crippen LogP contribution is 2.33. The van der Waals surface area contributed by atoms with Gasteiger partial charge in [0.1, 0.15) is 5.75 Å². The topological polar surface area (TPSA) is 67.4 Å². The number of thiophene rings is 1. The Balaban J connectivity index is 1.68.